The Morgan fingerprint density at radius 3 is 2.61 bits per heavy atom. The number of aryl methyl sites for hydroxylation is 2. The molecule has 0 unspecified atom stereocenters. The van der Waals surface area contributed by atoms with E-state index in [2.05, 4.69) is 5.10 Å². The summed E-state index contributed by atoms with van der Waals surface area (Å²) in [5.74, 6) is 0.618. The summed E-state index contributed by atoms with van der Waals surface area (Å²) in [5, 5.41) is 4.26. The lowest BCUT2D eigenvalue weighted by atomic mass is 10.1. The summed E-state index contributed by atoms with van der Waals surface area (Å²) in [6, 6.07) is 0. The quantitative estimate of drug-likeness (QED) is 0.796. The van der Waals surface area contributed by atoms with E-state index >= 15 is 0 Å². The van der Waals surface area contributed by atoms with Gasteiger partial charge in [0.05, 0.1) is 23.5 Å². The minimum absolute atomic E-state index is 0.211. The number of aromatic nitrogens is 2. The number of thiocarbonyl (C=S) groups is 1. The molecule has 1 aromatic rings. The highest BCUT2D eigenvalue weighted by molar-refractivity contribution is 7.80. The van der Waals surface area contributed by atoms with Gasteiger partial charge in [0.25, 0.3) is 0 Å². The van der Waals surface area contributed by atoms with Gasteiger partial charge < -0.3 is 15.2 Å². The fraction of sp³-hybridized carbons (Fsp3) is 0.667. The Balaban J connectivity index is 2.76. The summed E-state index contributed by atoms with van der Waals surface area (Å²) in [6.45, 7) is 6.41. The monoisotopic (exact) mass is 271 g/mol. The van der Waals surface area contributed by atoms with Crippen molar-refractivity contribution >= 4 is 17.2 Å². The molecule has 5 nitrogen and oxygen atoms in total. The molecule has 0 aliphatic carbocycles. The second-order valence-corrected chi connectivity index (χ2v) is 5.26. The van der Waals surface area contributed by atoms with Crippen molar-refractivity contribution in [1.82, 2.24) is 9.78 Å². The topological polar surface area (TPSA) is 62.3 Å². The van der Waals surface area contributed by atoms with Crippen LogP contribution in [0.3, 0.4) is 0 Å². The highest BCUT2D eigenvalue weighted by atomic mass is 32.1. The maximum Gasteiger partial charge on any atom is 0.222 e. The first-order valence-electron chi connectivity index (χ1n) is 5.80. The number of nitrogens with two attached hydrogens (primary N) is 1. The lowest BCUT2D eigenvalue weighted by molar-refractivity contribution is 0.00472. The van der Waals surface area contributed by atoms with Gasteiger partial charge in [0, 0.05) is 20.6 Å². The van der Waals surface area contributed by atoms with Crippen LogP contribution in [0.15, 0.2) is 0 Å². The Morgan fingerprint density at radius 2 is 2.11 bits per heavy atom. The van der Waals surface area contributed by atoms with Crippen LogP contribution >= 0.6 is 12.2 Å². The maximum absolute atomic E-state index is 5.74. The summed E-state index contributed by atoms with van der Waals surface area (Å²) in [7, 11) is 3.50. The molecule has 0 atom stereocenters. The Bertz CT molecular complexity index is 441. The molecular formula is C12H21N3O2S. The minimum Gasteiger partial charge on any atom is -0.477 e. The van der Waals surface area contributed by atoms with Crippen molar-refractivity contribution in [2.75, 3.05) is 13.7 Å². The van der Waals surface area contributed by atoms with Gasteiger partial charge in [-0.2, -0.15) is 5.10 Å². The van der Waals surface area contributed by atoms with Gasteiger partial charge in [-0.15, -0.1) is 0 Å². The van der Waals surface area contributed by atoms with Crippen LogP contribution in [0.1, 0.15) is 31.5 Å². The van der Waals surface area contributed by atoms with Crippen LogP contribution in [-0.2, 0) is 11.8 Å². The van der Waals surface area contributed by atoms with Crippen LogP contribution < -0.4 is 10.5 Å². The molecule has 1 rings (SSSR count). The van der Waals surface area contributed by atoms with Crippen molar-refractivity contribution in [1.29, 1.82) is 0 Å². The van der Waals surface area contributed by atoms with Gasteiger partial charge in [-0.05, 0) is 20.8 Å². The number of methoxy groups -OCH3 is 1. The predicted molar refractivity (Wildman–Crippen MR) is 75.0 cm³/mol. The molecule has 0 bridgehead atoms. The maximum atomic E-state index is 5.74. The van der Waals surface area contributed by atoms with E-state index in [0.29, 0.717) is 23.0 Å². The molecular weight excluding hydrogens is 250 g/mol. The van der Waals surface area contributed by atoms with Crippen LogP contribution in [0, 0.1) is 6.92 Å². The van der Waals surface area contributed by atoms with Gasteiger partial charge in [-0.25, -0.2) is 4.68 Å². The molecule has 0 aliphatic rings. The lowest BCUT2D eigenvalue weighted by Crippen LogP contribution is -2.25. The minimum atomic E-state index is -0.211. The Kier molecular flexibility index (Phi) is 4.70. The molecule has 0 aliphatic heterocycles. The first-order valence-corrected chi connectivity index (χ1v) is 6.20. The molecule has 0 amide bonds. The zero-order chi connectivity index (χ0) is 13.9. The molecule has 0 spiro atoms. The van der Waals surface area contributed by atoms with Crippen molar-refractivity contribution in [3.63, 3.8) is 0 Å². The molecule has 6 heteroatoms. The van der Waals surface area contributed by atoms with E-state index in [4.69, 9.17) is 27.4 Å². The molecule has 1 heterocycles. The third-order valence-corrected chi connectivity index (χ3v) is 3.12. The fourth-order valence-electron chi connectivity index (χ4n) is 1.58. The van der Waals surface area contributed by atoms with E-state index in [9.17, 15) is 0 Å². The summed E-state index contributed by atoms with van der Waals surface area (Å²) in [5.41, 5.74) is 6.97. The van der Waals surface area contributed by atoms with Crippen LogP contribution in [0.4, 0.5) is 0 Å². The number of nitrogens with zero attached hydrogens (tertiary/aromatic N) is 2. The molecule has 0 aromatic carbocycles. The second kappa shape index (κ2) is 5.67. The molecule has 102 valence electrons. The van der Waals surface area contributed by atoms with E-state index in [1.165, 1.54) is 0 Å². The first-order chi connectivity index (χ1) is 8.28. The van der Waals surface area contributed by atoms with Gasteiger partial charge in [-0.1, -0.05) is 12.2 Å². The normalized spacial score (nSPS) is 11.6. The molecule has 2 N–H and O–H groups in total. The Morgan fingerprint density at radius 1 is 1.50 bits per heavy atom. The average Bonchev–Trinajstić information content (AvgIpc) is 2.53. The van der Waals surface area contributed by atoms with Gasteiger partial charge >= 0.3 is 0 Å². The van der Waals surface area contributed by atoms with E-state index in [1.54, 1.807) is 11.8 Å². The van der Waals surface area contributed by atoms with Gasteiger partial charge in [0.2, 0.25) is 5.88 Å². The summed E-state index contributed by atoms with van der Waals surface area (Å²) in [4.78, 5) is 0.307. The van der Waals surface area contributed by atoms with Gasteiger partial charge in [-0.3, -0.25) is 0 Å². The summed E-state index contributed by atoms with van der Waals surface area (Å²) >= 11 is 5.02. The van der Waals surface area contributed by atoms with Gasteiger partial charge in [0.15, 0.2) is 0 Å². The third-order valence-electron chi connectivity index (χ3n) is 2.91. The molecule has 0 fully saturated rings. The van der Waals surface area contributed by atoms with E-state index in [-0.39, 0.29) is 5.60 Å². The first kappa shape index (κ1) is 14.9. The van der Waals surface area contributed by atoms with Crippen molar-refractivity contribution < 1.29 is 9.47 Å². The van der Waals surface area contributed by atoms with Crippen LogP contribution in [0.2, 0.25) is 0 Å². The van der Waals surface area contributed by atoms with Gasteiger partial charge in [0.1, 0.15) is 4.99 Å². The van der Waals surface area contributed by atoms with Crippen LogP contribution in [0.5, 0.6) is 5.88 Å². The highest BCUT2D eigenvalue weighted by Crippen LogP contribution is 2.22. The SMILES string of the molecule is COC(C)(C)CCOc1c(C(N)=S)c(C)nn1C. The smallest absolute Gasteiger partial charge is 0.222 e. The number of hydrogen-bond acceptors (Lipinski definition) is 4. The average molecular weight is 271 g/mol. The van der Waals surface area contributed by atoms with E-state index < -0.39 is 0 Å². The fourth-order valence-corrected chi connectivity index (χ4v) is 1.82. The molecule has 1 aromatic heterocycles. The highest BCUT2D eigenvalue weighted by Gasteiger charge is 2.20. The summed E-state index contributed by atoms with van der Waals surface area (Å²) < 4.78 is 12.7. The standard InChI is InChI=1S/C12H21N3O2S/c1-8-9(10(13)18)11(15(4)14-8)17-7-6-12(2,3)16-5/h6-7H2,1-5H3,(H2,13,18). The third kappa shape index (κ3) is 3.43. The number of ether oxygens (including phenoxy) is 2. The zero-order valence-electron chi connectivity index (χ0n) is 11.6. The van der Waals surface area contributed by atoms with Crippen molar-refractivity contribution in [3.8, 4) is 5.88 Å². The van der Waals surface area contributed by atoms with Crippen LogP contribution in [-0.4, -0.2) is 34.1 Å². The van der Waals surface area contributed by atoms with Crippen molar-refractivity contribution in [2.24, 2.45) is 12.8 Å². The largest absolute Gasteiger partial charge is 0.477 e. The lowest BCUT2D eigenvalue weighted by Gasteiger charge is -2.22. The molecule has 0 saturated heterocycles. The Labute approximate surface area is 113 Å². The molecule has 0 radical (unpaired) electrons. The number of rotatable bonds is 6. The van der Waals surface area contributed by atoms with E-state index in [0.717, 1.165) is 12.1 Å². The predicted octanol–water partition coefficient (Wildman–Crippen LogP) is 1.56. The Hall–Kier alpha value is -1.14. The summed E-state index contributed by atoms with van der Waals surface area (Å²) in [6.07, 6.45) is 0.768. The van der Waals surface area contributed by atoms with E-state index in [1.807, 2.05) is 27.8 Å². The van der Waals surface area contributed by atoms with Crippen molar-refractivity contribution in [2.45, 2.75) is 32.8 Å². The number of hydrogen-bond donors (Lipinski definition) is 1. The molecule has 18 heavy (non-hydrogen) atoms. The second-order valence-electron chi connectivity index (χ2n) is 4.82. The van der Waals surface area contributed by atoms with Crippen LogP contribution in [0.25, 0.3) is 0 Å². The molecule has 0 saturated carbocycles. The zero-order valence-corrected chi connectivity index (χ0v) is 12.4. The van der Waals surface area contributed by atoms with Crippen molar-refractivity contribution in [3.05, 3.63) is 11.3 Å².